The number of rotatable bonds is 2. The molecular weight excluding hydrogens is 200 g/mol. The highest BCUT2D eigenvalue weighted by molar-refractivity contribution is 5.42. The lowest BCUT2D eigenvalue weighted by Crippen LogP contribution is -2.28. The van der Waals surface area contributed by atoms with Gasteiger partial charge < -0.3 is 5.73 Å². The van der Waals surface area contributed by atoms with E-state index in [0.29, 0.717) is 12.0 Å². The maximum absolute atomic E-state index is 5.80. The van der Waals surface area contributed by atoms with E-state index in [0.717, 1.165) is 12.1 Å². The Bertz CT molecular complexity index is 478. The van der Waals surface area contributed by atoms with Gasteiger partial charge in [-0.15, -0.1) is 0 Å². The molecule has 2 N–H and O–H groups in total. The molecule has 0 unspecified atom stereocenters. The second-order valence-corrected chi connectivity index (χ2v) is 4.27. The van der Waals surface area contributed by atoms with Gasteiger partial charge in [-0.05, 0) is 30.5 Å². The number of anilines is 1. The molecule has 1 aliphatic rings. The Morgan fingerprint density at radius 1 is 1.19 bits per heavy atom. The van der Waals surface area contributed by atoms with Crippen LogP contribution in [0.25, 0.3) is 0 Å². The number of nitrogen functional groups attached to an aromatic ring is 1. The zero-order valence-electron chi connectivity index (χ0n) is 8.95. The summed E-state index contributed by atoms with van der Waals surface area (Å²) in [6.07, 6.45) is 5.80. The third-order valence-electron chi connectivity index (χ3n) is 3.31. The molecule has 0 bridgehead atoms. The van der Waals surface area contributed by atoms with Gasteiger partial charge in [-0.3, -0.25) is 0 Å². The molecule has 1 aromatic heterocycles. The molecule has 0 radical (unpaired) electrons. The fraction of sp³-hybridized carbons (Fsp3) is 0.333. The van der Waals surface area contributed by atoms with Crippen LogP contribution in [0.3, 0.4) is 0 Å². The summed E-state index contributed by atoms with van der Waals surface area (Å²) in [5, 5.41) is 8.42. The van der Waals surface area contributed by atoms with Gasteiger partial charge in [0.2, 0.25) is 0 Å². The molecule has 1 fully saturated rings. The van der Waals surface area contributed by atoms with E-state index in [1.165, 1.54) is 12.0 Å². The molecule has 0 amide bonds. The summed E-state index contributed by atoms with van der Waals surface area (Å²) in [6, 6.07) is 8.52. The number of nitrogens with zero attached hydrogens (tertiary/aromatic N) is 3. The molecule has 0 saturated heterocycles. The van der Waals surface area contributed by atoms with Gasteiger partial charge in [-0.2, -0.15) is 15.0 Å². The molecular formula is C12H14N4. The zero-order valence-corrected chi connectivity index (χ0v) is 8.95. The fourth-order valence-corrected chi connectivity index (χ4v) is 2.33. The fourth-order valence-electron chi connectivity index (χ4n) is 2.33. The molecule has 2 aromatic rings. The van der Waals surface area contributed by atoms with Crippen LogP contribution in [0.2, 0.25) is 0 Å². The zero-order chi connectivity index (χ0) is 11.0. The quantitative estimate of drug-likeness (QED) is 0.778. The lowest BCUT2D eigenvalue weighted by Gasteiger charge is -2.36. The molecule has 16 heavy (non-hydrogen) atoms. The van der Waals surface area contributed by atoms with Crippen molar-refractivity contribution in [2.75, 3.05) is 5.73 Å². The molecule has 0 aliphatic heterocycles. The van der Waals surface area contributed by atoms with Gasteiger partial charge in [-0.25, -0.2) is 0 Å². The van der Waals surface area contributed by atoms with E-state index in [1.54, 1.807) is 12.4 Å². The van der Waals surface area contributed by atoms with Crippen molar-refractivity contribution in [3.05, 3.63) is 42.2 Å². The standard InChI is InChI=1S/C12H14N4/c13-10-3-1-2-9(8-10)11-4-5-12(11)16-14-6-7-15-16/h1-3,6-8,11-12H,4-5,13H2/t11-,12+/m0/s1. The summed E-state index contributed by atoms with van der Waals surface area (Å²) in [7, 11) is 0. The second-order valence-electron chi connectivity index (χ2n) is 4.27. The van der Waals surface area contributed by atoms with Gasteiger partial charge in [0.05, 0.1) is 18.4 Å². The summed E-state index contributed by atoms with van der Waals surface area (Å²) in [5.41, 5.74) is 7.93. The number of nitrogens with two attached hydrogens (primary N) is 1. The van der Waals surface area contributed by atoms with Gasteiger partial charge in [0, 0.05) is 11.6 Å². The van der Waals surface area contributed by atoms with Crippen LogP contribution < -0.4 is 5.73 Å². The van der Waals surface area contributed by atoms with Crippen molar-refractivity contribution in [2.24, 2.45) is 0 Å². The summed E-state index contributed by atoms with van der Waals surface area (Å²) in [4.78, 5) is 1.82. The van der Waals surface area contributed by atoms with E-state index in [2.05, 4.69) is 22.3 Å². The molecule has 1 aromatic carbocycles. The maximum atomic E-state index is 5.80. The Morgan fingerprint density at radius 3 is 2.62 bits per heavy atom. The normalized spacial score (nSPS) is 24.0. The minimum Gasteiger partial charge on any atom is -0.399 e. The van der Waals surface area contributed by atoms with Crippen molar-refractivity contribution in [2.45, 2.75) is 24.8 Å². The lowest BCUT2D eigenvalue weighted by atomic mass is 9.75. The van der Waals surface area contributed by atoms with Crippen LogP contribution in [-0.2, 0) is 0 Å². The summed E-state index contributed by atoms with van der Waals surface area (Å²) < 4.78 is 0. The Balaban J connectivity index is 1.86. The predicted octanol–water partition coefficient (Wildman–Crippen LogP) is 1.98. The van der Waals surface area contributed by atoms with Crippen molar-refractivity contribution >= 4 is 5.69 Å². The summed E-state index contributed by atoms with van der Waals surface area (Å²) in [6.45, 7) is 0. The minimum atomic E-state index is 0.400. The first-order valence-electron chi connectivity index (χ1n) is 5.56. The van der Waals surface area contributed by atoms with Crippen LogP contribution in [0, 0.1) is 0 Å². The van der Waals surface area contributed by atoms with Crippen LogP contribution in [0.4, 0.5) is 5.69 Å². The third-order valence-corrected chi connectivity index (χ3v) is 3.31. The van der Waals surface area contributed by atoms with Crippen LogP contribution in [-0.4, -0.2) is 15.0 Å². The van der Waals surface area contributed by atoms with Crippen molar-refractivity contribution < 1.29 is 0 Å². The molecule has 0 spiro atoms. The lowest BCUT2D eigenvalue weighted by molar-refractivity contribution is 0.214. The van der Waals surface area contributed by atoms with Gasteiger partial charge >= 0.3 is 0 Å². The number of benzene rings is 1. The third kappa shape index (κ3) is 1.46. The molecule has 1 saturated carbocycles. The Labute approximate surface area is 94.1 Å². The van der Waals surface area contributed by atoms with Gasteiger partial charge in [0.1, 0.15) is 0 Å². The highest BCUT2D eigenvalue weighted by atomic mass is 15.5. The number of aromatic nitrogens is 3. The first-order chi connectivity index (χ1) is 7.84. The van der Waals surface area contributed by atoms with Crippen LogP contribution in [0.15, 0.2) is 36.7 Å². The van der Waals surface area contributed by atoms with E-state index in [4.69, 9.17) is 5.73 Å². The Kier molecular flexibility index (Phi) is 2.13. The minimum absolute atomic E-state index is 0.400. The monoisotopic (exact) mass is 214 g/mol. The topological polar surface area (TPSA) is 56.7 Å². The van der Waals surface area contributed by atoms with Crippen molar-refractivity contribution in [3.63, 3.8) is 0 Å². The smallest absolute Gasteiger partial charge is 0.0785 e. The largest absolute Gasteiger partial charge is 0.399 e. The van der Waals surface area contributed by atoms with Gasteiger partial charge in [0.25, 0.3) is 0 Å². The van der Waals surface area contributed by atoms with E-state index in [1.807, 2.05) is 16.9 Å². The van der Waals surface area contributed by atoms with Crippen LogP contribution >= 0.6 is 0 Å². The molecule has 82 valence electrons. The Hall–Kier alpha value is -1.84. The van der Waals surface area contributed by atoms with Gasteiger partial charge in [-0.1, -0.05) is 12.1 Å². The second kappa shape index (κ2) is 3.63. The van der Waals surface area contributed by atoms with Crippen LogP contribution in [0.5, 0.6) is 0 Å². The van der Waals surface area contributed by atoms with E-state index >= 15 is 0 Å². The van der Waals surface area contributed by atoms with E-state index in [9.17, 15) is 0 Å². The van der Waals surface area contributed by atoms with Gasteiger partial charge in [0.15, 0.2) is 0 Å². The molecule has 3 rings (SSSR count). The Morgan fingerprint density at radius 2 is 2.00 bits per heavy atom. The molecule has 2 atom stereocenters. The number of hydrogen-bond acceptors (Lipinski definition) is 3. The SMILES string of the molecule is Nc1cccc([C@@H]2CC[C@H]2n2nccn2)c1. The first-order valence-corrected chi connectivity index (χ1v) is 5.56. The maximum Gasteiger partial charge on any atom is 0.0785 e. The molecule has 4 heteroatoms. The number of hydrogen-bond donors (Lipinski definition) is 1. The van der Waals surface area contributed by atoms with E-state index in [-0.39, 0.29) is 0 Å². The van der Waals surface area contributed by atoms with Crippen molar-refractivity contribution in [3.8, 4) is 0 Å². The van der Waals surface area contributed by atoms with E-state index < -0.39 is 0 Å². The molecule has 1 heterocycles. The highest BCUT2D eigenvalue weighted by Crippen LogP contribution is 2.45. The van der Waals surface area contributed by atoms with Crippen molar-refractivity contribution in [1.29, 1.82) is 0 Å². The predicted molar refractivity (Wildman–Crippen MR) is 61.9 cm³/mol. The van der Waals surface area contributed by atoms with Crippen molar-refractivity contribution in [1.82, 2.24) is 15.0 Å². The highest BCUT2D eigenvalue weighted by Gasteiger charge is 2.34. The summed E-state index contributed by atoms with van der Waals surface area (Å²) >= 11 is 0. The average molecular weight is 214 g/mol. The first kappa shape index (κ1) is 9.39. The summed E-state index contributed by atoms with van der Waals surface area (Å²) in [5.74, 6) is 0.510. The molecule has 4 nitrogen and oxygen atoms in total. The molecule has 1 aliphatic carbocycles. The van der Waals surface area contributed by atoms with Crippen LogP contribution in [0.1, 0.15) is 30.4 Å². The average Bonchev–Trinajstić information content (AvgIpc) is 2.69.